The van der Waals surface area contributed by atoms with Crippen LogP contribution in [0.3, 0.4) is 0 Å². The Morgan fingerprint density at radius 1 is 1.08 bits per heavy atom. The van der Waals surface area contributed by atoms with Gasteiger partial charge in [-0.05, 0) is 93.6 Å². The molecule has 0 saturated carbocycles. The van der Waals surface area contributed by atoms with E-state index in [1.165, 1.54) is 47.1 Å². The van der Waals surface area contributed by atoms with Crippen molar-refractivity contribution in [1.29, 1.82) is 0 Å². The van der Waals surface area contributed by atoms with Crippen LogP contribution < -0.4 is 10.9 Å². The molecule has 0 spiro atoms. The number of aromatic nitrogens is 3. The van der Waals surface area contributed by atoms with Crippen LogP contribution in [0.25, 0.3) is 21.7 Å². The van der Waals surface area contributed by atoms with Crippen molar-refractivity contribution in [2.75, 3.05) is 12.3 Å². The minimum atomic E-state index is -0.188. The van der Waals surface area contributed by atoms with Crippen molar-refractivity contribution in [3.8, 4) is 11.4 Å². The number of thioether (sulfide) groups is 1. The van der Waals surface area contributed by atoms with Crippen LogP contribution in [-0.2, 0) is 4.79 Å². The molecule has 9 heteroatoms. The maximum absolute atomic E-state index is 13.8. The summed E-state index contributed by atoms with van der Waals surface area (Å²) in [6, 6.07) is 15.5. The number of benzene rings is 2. The number of fused-ring (bicyclic) bond motifs is 1. The maximum Gasteiger partial charge on any atom is 0.278 e. The number of carbonyl (C=O) groups is 1. The van der Waals surface area contributed by atoms with Gasteiger partial charge in [-0.25, -0.2) is 4.98 Å². The molecule has 1 aliphatic carbocycles. The fourth-order valence-corrected chi connectivity index (χ4v) is 6.74. The topological polar surface area (TPSA) is 68.9 Å². The first kappa shape index (κ1) is 26.6. The Bertz CT molecular complexity index is 1630. The summed E-state index contributed by atoms with van der Waals surface area (Å²) in [5, 5.41) is 3.49. The standard InChI is InChI=1S/C29H30N4O2S3/c1-19-13-14-23(17-20(19)2)32-26-25(38-29(32)36)27(35)33(22-11-7-4-8-12-22)28(31-26)37-18-24(34)30-16-15-21-9-5-3-6-10-21/h4,7-9,11-14,17H,3,5-6,10,15-16,18H2,1-2H3,(H,30,34). The van der Waals surface area contributed by atoms with Gasteiger partial charge < -0.3 is 5.32 Å². The van der Waals surface area contributed by atoms with Crippen LogP contribution in [0.1, 0.15) is 43.2 Å². The molecule has 196 valence electrons. The molecular formula is C29H30N4O2S3. The van der Waals surface area contributed by atoms with Crippen molar-refractivity contribution in [2.24, 2.45) is 0 Å². The SMILES string of the molecule is Cc1ccc(-n2c(=S)sc3c(=O)n(-c4ccccc4)c(SCC(=O)NCCC4=CCCCC4)nc32)cc1C. The predicted octanol–water partition coefficient (Wildman–Crippen LogP) is 6.68. The van der Waals surface area contributed by atoms with Gasteiger partial charge in [-0.15, -0.1) is 0 Å². The first-order valence-corrected chi connectivity index (χ1v) is 15.0. The monoisotopic (exact) mass is 562 g/mol. The van der Waals surface area contributed by atoms with Gasteiger partial charge in [0, 0.05) is 12.2 Å². The average molecular weight is 563 g/mol. The molecule has 2 aromatic carbocycles. The minimum absolute atomic E-state index is 0.0725. The van der Waals surface area contributed by atoms with E-state index in [0.29, 0.717) is 31.7 Å². The number of hydrogen-bond acceptors (Lipinski definition) is 6. The van der Waals surface area contributed by atoms with Gasteiger partial charge in [0.05, 0.1) is 11.4 Å². The molecule has 4 aromatic rings. The Morgan fingerprint density at radius 2 is 1.89 bits per heavy atom. The lowest BCUT2D eigenvalue weighted by atomic mass is 9.97. The van der Waals surface area contributed by atoms with Gasteiger partial charge in [0.25, 0.3) is 5.56 Å². The second-order valence-electron chi connectivity index (χ2n) is 9.49. The predicted molar refractivity (Wildman–Crippen MR) is 160 cm³/mol. The number of nitrogens with one attached hydrogen (secondary N) is 1. The summed E-state index contributed by atoms with van der Waals surface area (Å²) in [5.74, 6) is 0.0925. The van der Waals surface area contributed by atoms with E-state index in [9.17, 15) is 9.59 Å². The van der Waals surface area contributed by atoms with Crippen LogP contribution in [0.2, 0.25) is 0 Å². The lowest BCUT2D eigenvalue weighted by molar-refractivity contribution is -0.118. The van der Waals surface area contributed by atoms with Crippen molar-refractivity contribution in [3.63, 3.8) is 0 Å². The number of aryl methyl sites for hydroxylation is 2. The zero-order valence-electron chi connectivity index (χ0n) is 21.5. The number of nitrogens with zero attached hydrogens (tertiary/aromatic N) is 3. The van der Waals surface area contributed by atoms with E-state index >= 15 is 0 Å². The highest BCUT2D eigenvalue weighted by Gasteiger charge is 2.20. The fourth-order valence-electron chi connectivity index (χ4n) is 4.60. The molecule has 38 heavy (non-hydrogen) atoms. The number of allylic oxidation sites excluding steroid dienone is 1. The van der Waals surface area contributed by atoms with Crippen LogP contribution in [0.4, 0.5) is 0 Å². The molecule has 6 nitrogen and oxygen atoms in total. The van der Waals surface area contributed by atoms with Crippen LogP contribution in [0.5, 0.6) is 0 Å². The van der Waals surface area contributed by atoms with Crippen molar-refractivity contribution >= 4 is 51.6 Å². The molecule has 1 aliphatic rings. The molecule has 2 heterocycles. The van der Waals surface area contributed by atoms with E-state index in [1.54, 1.807) is 4.57 Å². The molecule has 5 rings (SSSR count). The Labute approximate surface area is 235 Å². The molecule has 1 N–H and O–H groups in total. The summed E-state index contributed by atoms with van der Waals surface area (Å²) >= 11 is 8.23. The highest BCUT2D eigenvalue weighted by atomic mass is 32.2. The molecule has 0 radical (unpaired) electrons. The Balaban J connectivity index is 1.48. The van der Waals surface area contributed by atoms with E-state index in [4.69, 9.17) is 17.2 Å². The van der Waals surface area contributed by atoms with E-state index in [-0.39, 0.29) is 17.2 Å². The van der Waals surface area contributed by atoms with Crippen LogP contribution >= 0.6 is 35.3 Å². The van der Waals surface area contributed by atoms with Crippen LogP contribution in [0.15, 0.2) is 70.1 Å². The lowest BCUT2D eigenvalue weighted by Gasteiger charge is -2.14. The molecule has 1 amide bonds. The van der Waals surface area contributed by atoms with E-state index < -0.39 is 0 Å². The molecule has 0 saturated heterocycles. The highest BCUT2D eigenvalue weighted by molar-refractivity contribution is 7.99. The van der Waals surface area contributed by atoms with Crippen LogP contribution in [-0.4, -0.2) is 32.3 Å². The van der Waals surface area contributed by atoms with Gasteiger partial charge in [-0.2, -0.15) is 0 Å². The zero-order valence-corrected chi connectivity index (χ0v) is 24.0. The largest absolute Gasteiger partial charge is 0.355 e. The number of para-hydroxylation sites is 1. The van der Waals surface area contributed by atoms with E-state index in [0.717, 1.165) is 30.5 Å². The lowest BCUT2D eigenvalue weighted by Crippen LogP contribution is -2.27. The van der Waals surface area contributed by atoms with Gasteiger partial charge >= 0.3 is 0 Å². The average Bonchev–Trinajstić information content (AvgIpc) is 3.26. The summed E-state index contributed by atoms with van der Waals surface area (Å²) in [7, 11) is 0. The van der Waals surface area contributed by atoms with Crippen molar-refractivity contribution < 1.29 is 4.79 Å². The summed E-state index contributed by atoms with van der Waals surface area (Å²) in [4.78, 5) is 31.5. The second-order valence-corrected chi connectivity index (χ2v) is 12.1. The summed E-state index contributed by atoms with van der Waals surface area (Å²) in [5.41, 5.74) is 5.66. The Kier molecular flexibility index (Phi) is 8.26. The van der Waals surface area contributed by atoms with Gasteiger partial charge in [0.1, 0.15) is 4.70 Å². The third-order valence-corrected chi connectivity index (χ3v) is 9.12. The number of thiazole rings is 1. The molecule has 2 aromatic heterocycles. The quantitative estimate of drug-likeness (QED) is 0.112. The highest BCUT2D eigenvalue weighted by Crippen LogP contribution is 2.28. The first-order chi connectivity index (χ1) is 18.4. The summed E-state index contributed by atoms with van der Waals surface area (Å²) < 4.78 is 4.50. The van der Waals surface area contributed by atoms with Gasteiger partial charge in [0.2, 0.25) is 5.91 Å². The number of carbonyl (C=O) groups excluding carboxylic acids is 1. The smallest absolute Gasteiger partial charge is 0.278 e. The van der Waals surface area contributed by atoms with Crippen molar-refractivity contribution in [3.05, 3.63) is 85.6 Å². The van der Waals surface area contributed by atoms with E-state index in [1.807, 2.05) is 47.0 Å². The van der Waals surface area contributed by atoms with Gasteiger partial charge in [-0.3, -0.25) is 18.7 Å². The maximum atomic E-state index is 13.8. The number of hydrogen-bond donors (Lipinski definition) is 1. The molecule has 0 fully saturated rings. The van der Waals surface area contributed by atoms with Gasteiger partial charge in [-0.1, -0.05) is 59.0 Å². The number of rotatable bonds is 8. The minimum Gasteiger partial charge on any atom is -0.355 e. The number of amides is 1. The van der Waals surface area contributed by atoms with Crippen molar-refractivity contribution in [2.45, 2.75) is 51.1 Å². The normalized spacial score (nSPS) is 13.5. The molecule has 0 atom stereocenters. The third-order valence-electron chi connectivity index (χ3n) is 6.83. The Morgan fingerprint density at radius 3 is 2.63 bits per heavy atom. The Hall–Kier alpha value is -3.01. The van der Waals surface area contributed by atoms with Crippen LogP contribution in [0, 0.1) is 17.8 Å². The van der Waals surface area contributed by atoms with Gasteiger partial charge in [0.15, 0.2) is 14.8 Å². The van der Waals surface area contributed by atoms with Crippen molar-refractivity contribution in [1.82, 2.24) is 19.4 Å². The molecule has 0 bridgehead atoms. The second kappa shape index (κ2) is 11.8. The molecular weight excluding hydrogens is 533 g/mol. The fraction of sp³-hybridized carbons (Fsp3) is 0.310. The summed E-state index contributed by atoms with van der Waals surface area (Å²) in [6.45, 7) is 4.74. The summed E-state index contributed by atoms with van der Waals surface area (Å²) in [6.07, 6.45) is 7.96. The third kappa shape index (κ3) is 5.70. The zero-order chi connectivity index (χ0) is 26.6. The first-order valence-electron chi connectivity index (χ1n) is 12.8. The molecule has 0 unspecified atom stereocenters. The molecule has 0 aliphatic heterocycles. The van der Waals surface area contributed by atoms with E-state index in [2.05, 4.69) is 31.3 Å².